The van der Waals surface area contributed by atoms with Gasteiger partial charge in [-0.2, -0.15) is 0 Å². The van der Waals surface area contributed by atoms with Crippen LogP contribution in [0.15, 0.2) is 36.5 Å². The zero-order valence-electron chi connectivity index (χ0n) is 12.0. The predicted octanol–water partition coefficient (Wildman–Crippen LogP) is 5.18. The van der Waals surface area contributed by atoms with Crippen LogP contribution in [-0.2, 0) is 0 Å². The van der Waals surface area contributed by atoms with Gasteiger partial charge in [0.15, 0.2) is 0 Å². The molecule has 0 heterocycles. The predicted molar refractivity (Wildman–Crippen MR) is 81.7 cm³/mol. The highest BCUT2D eigenvalue weighted by Crippen LogP contribution is 2.03. The highest BCUT2D eigenvalue weighted by atomic mass is 16.2. The molecule has 104 valence electrons. The molecule has 0 amide bonds. The van der Waals surface area contributed by atoms with Gasteiger partial charge in [0.25, 0.3) is 0 Å². The van der Waals surface area contributed by atoms with Crippen LogP contribution in [0, 0.1) is 0 Å². The fourth-order valence-corrected chi connectivity index (χ4v) is 1.67. The van der Waals surface area contributed by atoms with Gasteiger partial charge in [-0.1, -0.05) is 62.6 Å². The summed E-state index contributed by atoms with van der Waals surface area (Å²) in [5.41, 5.74) is 0. The highest BCUT2D eigenvalue weighted by Gasteiger charge is 1.86. The molecule has 0 unspecified atom stereocenters. The van der Waals surface area contributed by atoms with E-state index in [9.17, 15) is 0 Å². The number of rotatable bonds is 12. The normalized spacial score (nSPS) is 12.3. The van der Waals surface area contributed by atoms with E-state index in [1.807, 2.05) is 0 Å². The highest BCUT2D eigenvalue weighted by molar-refractivity contribution is 4.97. The average Bonchev–Trinajstić information content (AvgIpc) is 2.39. The van der Waals surface area contributed by atoms with Gasteiger partial charge in [0, 0.05) is 6.61 Å². The van der Waals surface area contributed by atoms with Gasteiger partial charge in [-0.3, -0.25) is 0 Å². The first-order chi connectivity index (χ1) is 8.91. The van der Waals surface area contributed by atoms with Crippen LogP contribution in [0.5, 0.6) is 0 Å². The number of hydrogen-bond acceptors (Lipinski definition) is 1. The molecular weight excluding hydrogens is 220 g/mol. The molecule has 0 aromatic carbocycles. The maximum Gasteiger partial charge on any atom is 0.0431 e. The second-order valence-corrected chi connectivity index (χ2v) is 4.60. The van der Waals surface area contributed by atoms with Crippen molar-refractivity contribution < 1.29 is 5.11 Å². The Bertz CT molecular complexity index is 226. The van der Waals surface area contributed by atoms with Crippen molar-refractivity contribution in [2.45, 2.75) is 64.7 Å². The van der Waals surface area contributed by atoms with Crippen LogP contribution < -0.4 is 0 Å². The minimum absolute atomic E-state index is 0.341. The van der Waals surface area contributed by atoms with Crippen molar-refractivity contribution in [1.82, 2.24) is 0 Å². The van der Waals surface area contributed by atoms with Crippen molar-refractivity contribution in [3.63, 3.8) is 0 Å². The van der Waals surface area contributed by atoms with E-state index in [0.29, 0.717) is 6.61 Å². The molecule has 0 rings (SSSR count). The van der Waals surface area contributed by atoms with Crippen molar-refractivity contribution in [3.8, 4) is 0 Å². The van der Waals surface area contributed by atoms with E-state index < -0.39 is 0 Å². The van der Waals surface area contributed by atoms with Gasteiger partial charge in [0.2, 0.25) is 0 Å². The van der Waals surface area contributed by atoms with E-state index in [4.69, 9.17) is 5.11 Å². The van der Waals surface area contributed by atoms with Crippen LogP contribution in [0.3, 0.4) is 0 Å². The standard InChI is InChI=1S/C17H30O/c1-2-3-4-5-6-7-8-9-10-11-12-13-14-15-16-17-18/h4-5,7-8,10-11,18H,2-3,6,9,12-17H2,1H3. The quantitative estimate of drug-likeness (QED) is 0.374. The third kappa shape index (κ3) is 15.2. The maximum absolute atomic E-state index is 8.63. The smallest absolute Gasteiger partial charge is 0.0431 e. The molecule has 0 bridgehead atoms. The van der Waals surface area contributed by atoms with E-state index in [-0.39, 0.29) is 0 Å². The lowest BCUT2D eigenvalue weighted by Crippen LogP contribution is -1.82. The number of unbranched alkanes of at least 4 members (excludes halogenated alkanes) is 5. The van der Waals surface area contributed by atoms with Crippen LogP contribution in [0.4, 0.5) is 0 Å². The number of hydrogen-bond donors (Lipinski definition) is 1. The molecule has 0 aromatic rings. The average molecular weight is 250 g/mol. The van der Waals surface area contributed by atoms with E-state index in [2.05, 4.69) is 43.4 Å². The molecule has 18 heavy (non-hydrogen) atoms. The van der Waals surface area contributed by atoms with Gasteiger partial charge in [0.1, 0.15) is 0 Å². The van der Waals surface area contributed by atoms with Crippen LogP contribution in [0.25, 0.3) is 0 Å². The molecule has 0 saturated carbocycles. The Morgan fingerprint density at radius 1 is 0.667 bits per heavy atom. The van der Waals surface area contributed by atoms with E-state index >= 15 is 0 Å². The molecule has 1 nitrogen and oxygen atoms in total. The van der Waals surface area contributed by atoms with Gasteiger partial charge < -0.3 is 5.11 Å². The SMILES string of the molecule is CCCC=CCC=CCC=CCCCCCCO. The van der Waals surface area contributed by atoms with Crippen LogP contribution in [0.1, 0.15) is 64.7 Å². The van der Waals surface area contributed by atoms with E-state index in [1.54, 1.807) is 0 Å². The lowest BCUT2D eigenvalue weighted by molar-refractivity contribution is 0.282. The summed E-state index contributed by atoms with van der Waals surface area (Å²) >= 11 is 0. The summed E-state index contributed by atoms with van der Waals surface area (Å²) in [6, 6.07) is 0. The van der Waals surface area contributed by atoms with Crippen LogP contribution >= 0.6 is 0 Å². The first-order valence-corrected chi connectivity index (χ1v) is 7.47. The third-order valence-electron chi connectivity index (χ3n) is 2.78. The maximum atomic E-state index is 8.63. The molecule has 0 spiro atoms. The van der Waals surface area contributed by atoms with Crippen LogP contribution in [0.2, 0.25) is 0 Å². The van der Waals surface area contributed by atoms with E-state index in [1.165, 1.54) is 32.1 Å². The Labute approximate surface area is 113 Å². The zero-order valence-corrected chi connectivity index (χ0v) is 12.0. The number of aliphatic hydroxyl groups excluding tert-OH is 1. The lowest BCUT2D eigenvalue weighted by atomic mass is 10.1. The Morgan fingerprint density at radius 2 is 1.22 bits per heavy atom. The summed E-state index contributed by atoms with van der Waals surface area (Å²) < 4.78 is 0. The van der Waals surface area contributed by atoms with E-state index in [0.717, 1.165) is 25.7 Å². The largest absolute Gasteiger partial charge is 0.396 e. The summed E-state index contributed by atoms with van der Waals surface area (Å²) in [6.45, 7) is 2.54. The molecule has 0 aliphatic heterocycles. The van der Waals surface area contributed by atoms with Gasteiger partial charge in [0.05, 0.1) is 0 Å². The Balaban J connectivity index is 3.24. The third-order valence-corrected chi connectivity index (χ3v) is 2.78. The molecule has 0 fully saturated rings. The van der Waals surface area contributed by atoms with Gasteiger partial charge >= 0.3 is 0 Å². The molecular formula is C17H30O. The number of allylic oxidation sites excluding steroid dienone is 6. The molecule has 0 aliphatic carbocycles. The van der Waals surface area contributed by atoms with Gasteiger partial charge in [-0.25, -0.2) is 0 Å². The molecule has 0 aliphatic rings. The van der Waals surface area contributed by atoms with Crippen molar-refractivity contribution >= 4 is 0 Å². The molecule has 1 heteroatoms. The summed E-state index contributed by atoms with van der Waals surface area (Å²) in [4.78, 5) is 0. The monoisotopic (exact) mass is 250 g/mol. The minimum atomic E-state index is 0.341. The Hall–Kier alpha value is -0.820. The topological polar surface area (TPSA) is 20.2 Å². The second-order valence-electron chi connectivity index (χ2n) is 4.60. The fourth-order valence-electron chi connectivity index (χ4n) is 1.67. The van der Waals surface area contributed by atoms with Gasteiger partial charge in [-0.15, -0.1) is 0 Å². The first-order valence-electron chi connectivity index (χ1n) is 7.47. The van der Waals surface area contributed by atoms with Crippen molar-refractivity contribution in [2.75, 3.05) is 6.61 Å². The summed E-state index contributed by atoms with van der Waals surface area (Å²) in [5, 5.41) is 8.63. The van der Waals surface area contributed by atoms with Crippen LogP contribution in [-0.4, -0.2) is 11.7 Å². The molecule has 0 aromatic heterocycles. The number of aliphatic hydroxyl groups is 1. The molecule has 0 radical (unpaired) electrons. The lowest BCUT2D eigenvalue weighted by Gasteiger charge is -1.95. The van der Waals surface area contributed by atoms with Crippen molar-refractivity contribution in [2.24, 2.45) is 0 Å². The molecule has 1 N–H and O–H groups in total. The summed E-state index contributed by atoms with van der Waals surface area (Å²) in [5.74, 6) is 0. The Kier molecular flexibility index (Phi) is 15.4. The van der Waals surface area contributed by atoms with Crippen molar-refractivity contribution in [3.05, 3.63) is 36.5 Å². The minimum Gasteiger partial charge on any atom is -0.396 e. The molecule has 0 saturated heterocycles. The summed E-state index contributed by atoms with van der Waals surface area (Å²) in [6.07, 6.45) is 23.8. The van der Waals surface area contributed by atoms with Gasteiger partial charge in [-0.05, 0) is 38.5 Å². The fraction of sp³-hybridized carbons (Fsp3) is 0.647. The molecule has 0 atom stereocenters. The summed E-state index contributed by atoms with van der Waals surface area (Å²) in [7, 11) is 0. The second kappa shape index (κ2) is 16.2. The Morgan fingerprint density at radius 3 is 1.83 bits per heavy atom. The zero-order chi connectivity index (χ0) is 13.3. The first kappa shape index (κ1) is 17.2. The van der Waals surface area contributed by atoms with Crippen molar-refractivity contribution in [1.29, 1.82) is 0 Å².